The number of hydrogen-bond donors (Lipinski definition) is 1. The molecule has 7 nitrogen and oxygen atoms in total. The van der Waals surface area contributed by atoms with Crippen LogP contribution in [0.15, 0.2) is 28.9 Å². The van der Waals surface area contributed by atoms with Gasteiger partial charge in [0.1, 0.15) is 5.69 Å². The lowest BCUT2D eigenvalue weighted by Crippen LogP contribution is -2.13. The fraction of sp³-hybridized carbons (Fsp3) is 0.222. The van der Waals surface area contributed by atoms with Gasteiger partial charge in [0, 0.05) is 11.9 Å². The minimum atomic E-state index is -0.241. The van der Waals surface area contributed by atoms with Gasteiger partial charge >= 0.3 is 0 Å². The topological polar surface area (TPSA) is 85.8 Å². The minimum absolute atomic E-state index is 0.241. The third kappa shape index (κ3) is 2.68. The lowest BCUT2D eigenvalue weighted by molar-refractivity contribution is 0.102. The molecule has 0 aromatic carbocycles. The van der Waals surface area contributed by atoms with E-state index >= 15 is 0 Å². The average molecular weight is 367 g/mol. The van der Waals surface area contributed by atoms with Crippen molar-refractivity contribution >= 4 is 33.4 Å². The van der Waals surface area contributed by atoms with Gasteiger partial charge in [0.2, 0.25) is 0 Å². The average Bonchev–Trinajstić information content (AvgIpc) is 3.29. The first kappa shape index (κ1) is 16.5. The number of thiazole rings is 1. The van der Waals surface area contributed by atoms with Crippen LogP contribution in [0.2, 0.25) is 0 Å². The Labute approximate surface area is 153 Å². The van der Waals surface area contributed by atoms with Crippen molar-refractivity contribution < 1.29 is 9.21 Å². The van der Waals surface area contributed by atoms with Crippen molar-refractivity contribution in [2.24, 2.45) is 7.05 Å². The van der Waals surface area contributed by atoms with Crippen LogP contribution in [-0.4, -0.2) is 25.7 Å². The van der Waals surface area contributed by atoms with Crippen LogP contribution in [0, 0.1) is 20.8 Å². The summed E-state index contributed by atoms with van der Waals surface area (Å²) in [5, 5.41) is 8.61. The number of carbonyl (C=O) groups excluding carboxylic acids is 1. The van der Waals surface area contributed by atoms with Crippen molar-refractivity contribution in [2.75, 3.05) is 5.32 Å². The Morgan fingerprint density at radius 3 is 2.69 bits per heavy atom. The summed E-state index contributed by atoms with van der Waals surface area (Å²) in [6.07, 6.45) is 1.58. The van der Waals surface area contributed by atoms with E-state index < -0.39 is 0 Å². The van der Waals surface area contributed by atoms with E-state index in [2.05, 4.69) is 20.4 Å². The van der Waals surface area contributed by atoms with Crippen molar-refractivity contribution in [3.63, 3.8) is 0 Å². The maximum atomic E-state index is 13.0. The van der Waals surface area contributed by atoms with Gasteiger partial charge in [0.15, 0.2) is 16.5 Å². The first-order valence-corrected chi connectivity index (χ1v) is 8.89. The molecule has 4 aromatic heterocycles. The monoisotopic (exact) mass is 367 g/mol. The van der Waals surface area contributed by atoms with Crippen molar-refractivity contribution in [3.8, 4) is 11.5 Å². The standard InChI is InChI=1S/C18H17N5O2S/c1-9-11(3)26-18(19-9)21-17(24)12-8-13(14-6-5-7-25-14)20-16-15(12)10(2)22-23(16)4/h5-8H,1-4H3,(H,19,21,24). The summed E-state index contributed by atoms with van der Waals surface area (Å²) in [6, 6.07) is 5.34. The number of pyridine rings is 1. The molecule has 0 aliphatic rings. The molecule has 1 amide bonds. The van der Waals surface area contributed by atoms with E-state index in [-0.39, 0.29) is 5.91 Å². The summed E-state index contributed by atoms with van der Waals surface area (Å²) in [5.41, 5.74) is 3.38. The van der Waals surface area contributed by atoms with Crippen LogP contribution in [0.4, 0.5) is 5.13 Å². The highest BCUT2D eigenvalue weighted by Gasteiger charge is 2.21. The van der Waals surface area contributed by atoms with Crippen LogP contribution in [0.25, 0.3) is 22.5 Å². The van der Waals surface area contributed by atoms with E-state index in [4.69, 9.17) is 4.42 Å². The largest absolute Gasteiger partial charge is 0.463 e. The zero-order chi connectivity index (χ0) is 18.4. The second-order valence-corrected chi connectivity index (χ2v) is 7.26. The number of furan rings is 1. The van der Waals surface area contributed by atoms with E-state index in [1.165, 1.54) is 11.3 Å². The van der Waals surface area contributed by atoms with Gasteiger partial charge in [-0.25, -0.2) is 9.97 Å². The third-order valence-electron chi connectivity index (χ3n) is 4.24. The molecular formula is C18H17N5O2S. The summed E-state index contributed by atoms with van der Waals surface area (Å²) in [5.74, 6) is 0.357. The zero-order valence-corrected chi connectivity index (χ0v) is 15.6. The number of rotatable bonds is 3. The minimum Gasteiger partial charge on any atom is -0.463 e. The molecule has 132 valence electrons. The normalized spacial score (nSPS) is 11.2. The number of hydrogen-bond acceptors (Lipinski definition) is 6. The molecule has 26 heavy (non-hydrogen) atoms. The van der Waals surface area contributed by atoms with Crippen LogP contribution >= 0.6 is 11.3 Å². The Balaban J connectivity index is 1.85. The smallest absolute Gasteiger partial charge is 0.258 e. The number of amides is 1. The van der Waals surface area contributed by atoms with Crippen molar-refractivity contribution in [1.82, 2.24) is 19.7 Å². The number of fused-ring (bicyclic) bond motifs is 1. The fourth-order valence-corrected chi connectivity index (χ4v) is 3.67. The molecule has 0 unspecified atom stereocenters. The van der Waals surface area contributed by atoms with Gasteiger partial charge in [-0.05, 0) is 39.0 Å². The Hall–Kier alpha value is -3.00. The van der Waals surface area contributed by atoms with Gasteiger partial charge in [0.25, 0.3) is 5.91 Å². The van der Waals surface area contributed by atoms with E-state index in [0.717, 1.165) is 21.7 Å². The molecule has 4 rings (SSSR count). The highest BCUT2D eigenvalue weighted by molar-refractivity contribution is 7.15. The van der Waals surface area contributed by atoms with Gasteiger partial charge in [-0.1, -0.05) is 0 Å². The Morgan fingerprint density at radius 1 is 1.23 bits per heavy atom. The summed E-state index contributed by atoms with van der Waals surface area (Å²) in [6.45, 7) is 5.77. The molecule has 4 aromatic rings. The number of nitrogens with zero attached hydrogens (tertiary/aromatic N) is 4. The van der Waals surface area contributed by atoms with Crippen molar-refractivity contribution in [2.45, 2.75) is 20.8 Å². The predicted octanol–water partition coefficient (Wildman–Crippen LogP) is 3.86. The van der Waals surface area contributed by atoms with Crippen LogP contribution in [-0.2, 0) is 7.05 Å². The van der Waals surface area contributed by atoms with Gasteiger partial charge in [-0.2, -0.15) is 5.10 Å². The summed E-state index contributed by atoms with van der Waals surface area (Å²) >= 11 is 1.46. The van der Waals surface area contributed by atoms with Crippen LogP contribution in [0.3, 0.4) is 0 Å². The molecule has 8 heteroatoms. The Kier molecular flexibility index (Phi) is 3.84. The molecule has 0 saturated heterocycles. The first-order valence-electron chi connectivity index (χ1n) is 8.07. The zero-order valence-electron chi connectivity index (χ0n) is 14.8. The highest BCUT2D eigenvalue weighted by atomic mass is 32.1. The molecule has 4 heterocycles. The predicted molar refractivity (Wildman–Crippen MR) is 100 cm³/mol. The molecule has 0 aliphatic heterocycles. The van der Waals surface area contributed by atoms with Gasteiger partial charge in [-0.3, -0.25) is 14.8 Å². The second kappa shape index (κ2) is 6.06. The number of aryl methyl sites for hydroxylation is 4. The van der Waals surface area contributed by atoms with Crippen molar-refractivity contribution in [3.05, 3.63) is 46.3 Å². The lowest BCUT2D eigenvalue weighted by Gasteiger charge is -2.07. The first-order chi connectivity index (χ1) is 12.4. The molecule has 0 fully saturated rings. The fourth-order valence-electron chi connectivity index (χ4n) is 2.87. The Bertz CT molecular complexity index is 1110. The summed E-state index contributed by atoms with van der Waals surface area (Å²) < 4.78 is 7.13. The van der Waals surface area contributed by atoms with Crippen molar-refractivity contribution in [1.29, 1.82) is 0 Å². The van der Waals surface area contributed by atoms with Gasteiger partial charge in [-0.15, -0.1) is 11.3 Å². The number of nitrogens with one attached hydrogen (secondary N) is 1. The highest BCUT2D eigenvalue weighted by Crippen LogP contribution is 2.28. The molecule has 0 radical (unpaired) electrons. The van der Waals surface area contributed by atoms with Crippen LogP contribution in [0.5, 0.6) is 0 Å². The maximum Gasteiger partial charge on any atom is 0.258 e. The number of aromatic nitrogens is 4. The van der Waals surface area contributed by atoms with Crippen LogP contribution < -0.4 is 5.32 Å². The van der Waals surface area contributed by atoms with Gasteiger partial charge < -0.3 is 4.42 Å². The number of carbonyl (C=O) groups is 1. The SMILES string of the molecule is Cc1nc(NC(=O)c2cc(-c3ccco3)nc3c2c(C)nn3C)sc1C. The second-order valence-electron chi connectivity index (χ2n) is 6.05. The molecule has 0 bridgehead atoms. The van der Waals surface area contributed by atoms with E-state index in [1.54, 1.807) is 23.1 Å². The molecule has 0 aliphatic carbocycles. The Morgan fingerprint density at radius 2 is 2.04 bits per heavy atom. The molecule has 1 N–H and O–H groups in total. The molecular weight excluding hydrogens is 350 g/mol. The lowest BCUT2D eigenvalue weighted by atomic mass is 10.1. The van der Waals surface area contributed by atoms with E-state index in [9.17, 15) is 4.79 Å². The molecule has 0 saturated carbocycles. The summed E-state index contributed by atoms with van der Waals surface area (Å²) in [7, 11) is 1.81. The van der Waals surface area contributed by atoms with Gasteiger partial charge in [0.05, 0.1) is 28.6 Å². The summed E-state index contributed by atoms with van der Waals surface area (Å²) in [4.78, 5) is 23.1. The maximum absolute atomic E-state index is 13.0. The van der Waals surface area contributed by atoms with Crippen LogP contribution in [0.1, 0.15) is 26.6 Å². The van der Waals surface area contributed by atoms with E-state index in [1.807, 2.05) is 33.9 Å². The molecule has 0 spiro atoms. The number of anilines is 1. The quantitative estimate of drug-likeness (QED) is 0.594. The molecule has 0 atom stereocenters. The third-order valence-corrected chi connectivity index (χ3v) is 5.22. The van der Waals surface area contributed by atoms with E-state index in [0.29, 0.717) is 27.8 Å².